The van der Waals surface area contributed by atoms with Gasteiger partial charge in [0.25, 0.3) is 0 Å². The monoisotopic (exact) mass is 708 g/mol. The molecule has 3 N–H and O–H groups in total. The van der Waals surface area contributed by atoms with E-state index >= 15 is 0 Å². The summed E-state index contributed by atoms with van der Waals surface area (Å²) >= 11 is 0. The van der Waals surface area contributed by atoms with Gasteiger partial charge < -0.3 is 20.3 Å². The third-order valence-corrected chi connectivity index (χ3v) is 10.1. The van der Waals surface area contributed by atoms with E-state index in [-0.39, 0.29) is 24.9 Å². The van der Waals surface area contributed by atoms with Crippen LogP contribution in [-0.2, 0) is 14.3 Å². The van der Waals surface area contributed by atoms with E-state index in [4.69, 9.17) is 4.74 Å². The Kier molecular flexibility index (Phi) is 37.7. The van der Waals surface area contributed by atoms with Gasteiger partial charge in [-0.05, 0) is 44.9 Å². The number of amides is 1. The SMILES string of the molecule is CCCC/C=C\CCCCCCCC(=O)OC(CCCCCCCCCCCC)CC(=O)NC(CO)C(O)CCCCCCCCCCCC. The highest BCUT2D eigenvalue weighted by molar-refractivity contribution is 5.77. The number of hydrogen-bond donors (Lipinski definition) is 3. The van der Waals surface area contributed by atoms with Crippen LogP contribution in [-0.4, -0.2) is 46.9 Å². The van der Waals surface area contributed by atoms with Crippen LogP contribution in [0.2, 0.25) is 0 Å². The van der Waals surface area contributed by atoms with Gasteiger partial charge in [0.15, 0.2) is 0 Å². The lowest BCUT2D eigenvalue weighted by Gasteiger charge is -2.24. The van der Waals surface area contributed by atoms with Gasteiger partial charge in [0.2, 0.25) is 5.91 Å². The highest BCUT2D eigenvalue weighted by Crippen LogP contribution is 2.17. The quantitative estimate of drug-likeness (QED) is 0.0336. The van der Waals surface area contributed by atoms with Crippen LogP contribution in [0.4, 0.5) is 0 Å². The van der Waals surface area contributed by atoms with Crippen LogP contribution in [0.25, 0.3) is 0 Å². The summed E-state index contributed by atoms with van der Waals surface area (Å²) < 4.78 is 5.88. The molecule has 3 atom stereocenters. The summed E-state index contributed by atoms with van der Waals surface area (Å²) in [5.41, 5.74) is 0. The van der Waals surface area contributed by atoms with Gasteiger partial charge in [0.05, 0.1) is 25.2 Å². The van der Waals surface area contributed by atoms with Crippen molar-refractivity contribution in [2.75, 3.05) is 6.61 Å². The van der Waals surface area contributed by atoms with Crippen molar-refractivity contribution in [2.24, 2.45) is 0 Å². The van der Waals surface area contributed by atoms with Crippen molar-refractivity contribution >= 4 is 11.9 Å². The molecule has 0 spiro atoms. The zero-order valence-electron chi connectivity index (χ0n) is 33.5. The highest BCUT2D eigenvalue weighted by atomic mass is 16.5. The fourth-order valence-corrected chi connectivity index (χ4v) is 6.70. The first-order valence-corrected chi connectivity index (χ1v) is 21.9. The molecule has 0 aliphatic rings. The molecule has 0 aromatic heterocycles. The molecule has 0 aromatic rings. The van der Waals surface area contributed by atoms with Crippen molar-refractivity contribution in [1.82, 2.24) is 5.32 Å². The number of carbonyl (C=O) groups is 2. The lowest BCUT2D eigenvalue weighted by atomic mass is 10.0. The molecule has 6 nitrogen and oxygen atoms in total. The number of rotatable bonds is 39. The minimum atomic E-state index is -0.780. The van der Waals surface area contributed by atoms with Gasteiger partial charge >= 0.3 is 5.97 Å². The second kappa shape index (κ2) is 38.8. The van der Waals surface area contributed by atoms with E-state index in [0.29, 0.717) is 19.3 Å². The number of aliphatic hydroxyl groups is 2. The van der Waals surface area contributed by atoms with E-state index < -0.39 is 18.2 Å². The van der Waals surface area contributed by atoms with E-state index in [1.54, 1.807) is 0 Å². The average molecular weight is 708 g/mol. The molecule has 0 aliphatic heterocycles. The predicted octanol–water partition coefficient (Wildman–Crippen LogP) is 12.2. The number of unbranched alkanes of at least 4 members (excludes halogenated alkanes) is 25. The number of allylic oxidation sites excluding steroid dienone is 2. The number of hydrogen-bond acceptors (Lipinski definition) is 5. The fourth-order valence-electron chi connectivity index (χ4n) is 6.70. The van der Waals surface area contributed by atoms with E-state index in [9.17, 15) is 19.8 Å². The Balaban J connectivity index is 4.57. The van der Waals surface area contributed by atoms with Crippen LogP contribution in [0.3, 0.4) is 0 Å². The third kappa shape index (κ3) is 33.7. The minimum absolute atomic E-state index is 0.0798. The summed E-state index contributed by atoms with van der Waals surface area (Å²) in [5.74, 6) is -0.478. The maximum Gasteiger partial charge on any atom is 0.306 e. The van der Waals surface area contributed by atoms with Crippen LogP contribution < -0.4 is 5.32 Å². The Bertz CT molecular complexity index is 757. The summed E-state index contributed by atoms with van der Waals surface area (Å²) in [7, 11) is 0. The Labute approximate surface area is 310 Å². The normalized spacial score (nSPS) is 13.5. The second-order valence-electron chi connectivity index (χ2n) is 15.1. The molecule has 1 amide bonds. The fraction of sp³-hybridized carbons (Fsp3) is 0.909. The van der Waals surface area contributed by atoms with Gasteiger partial charge in [-0.3, -0.25) is 9.59 Å². The number of carbonyl (C=O) groups excluding carboxylic acids is 2. The lowest BCUT2D eigenvalue weighted by Crippen LogP contribution is -2.46. The van der Waals surface area contributed by atoms with Crippen molar-refractivity contribution in [2.45, 2.75) is 251 Å². The molecule has 3 unspecified atom stereocenters. The van der Waals surface area contributed by atoms with E-state index in [0.717, 1.165) is 51.4 Å². The number of aliphatic hydroxyl groups excluding tert-OH is 2. The number of ether oxygens (including phenoxy) is 1. The zero-order valence-corrected chi connectivity index (χ0v) is 33.5. The lowest BCUT2D eigenvalue weighted by molar-refractivity contribution is -0.151. The molecule has 0 aromatic carbocycles. The standard InChI is InChI=1S/C44H85NO5/c1-4-7-10-13-16-19-22-25-28-31-34-37-44(49)50-40(35-32-29-26-23-20-17-14-11-8-5-2)38-43(48)45-41(39-46)42(47)36-33-30-27-24-21-18-15-12-9-6-3/h13,16,40-42,46-47H,4-12,14-15,17-39H2,1-3H3,(H,45,48)/b16-13-. The molecule has 6 heteroatoms. The predicted molar refractivity (Wildman–Crippen MR) is 213 cm³/mol. The van der Waals surface area contributed by atoms with Crippen molar-refractivity contribution in [3.8, 4) is 0 Å². The molecule has 0 heterocycles. The first-order valence-electron chi connectivity index (χ1n) is 21.9. The molecule has 0 radical (unpaired) electrons. The zero-order chi connectivity index (χ0) is 36.8. The number of nitrogens with one attached hydrogen (secondary N) is 1. The van der Waals surface area contributed by atoms with Gasteiger partial charge in [-0.25, -0.2) is 0 Å². The summed E-state index contributed by atoms with van der Waals surface area (Å²) in [6, 6.07) is -0.693. The summed E-state index contributed by atoms with van der Waals surface area (Å²) in [4.78, 5) is 25.9. The van der Waals surface area contributed by atoms with Gasteiger partial charge in [-0.1, -0.05) is 187 Å². The molecule has 296 valence electrons. The van der Waals surface area contributed by atoms with Crippen LogP contribution >= 0.6 is 0 Å². The summed E-state index contributed by atoms with van der Waals surface area (Å²) in [6.45, 7) is 6.41. The first kappa shape index (κ1) is 48.6. The molecule has 0 rings (SSSR count). The van der Waals surface area contributed by atoms with Crippen LogP contribution in [0.1, 0.15) is 233 Å². The molecular weight excluding hydrogens is 622 g/mol. The summed E-state index contributed by atoms with van der Waals surface area (Å²) in [5, 5.41) is 23.5. The topological polar surface area (TPSA) is 95.9 Å². The maximum atomic E-state index is 13.1. The van der Waals surface area contributed by atoms with Crippen molar-refractivity contribution in [3.63, 3.8) is 0 Å². The average Bonchev–Trinajstić information content (AvgIpc) is 3.10. The van der Waals surface area contributed by atoms with Crippen LogP contribution in [0.5, 0.6) is 0 Å². The third-order valence-electron chi connectivity index (χ3n) is 10.1. The molecule has 50 heavy (non-hydrogen) atoms. The second-order valence-corrected chi connectivity index (χ2v) is 15.1. The molecule has 0 saturated heterocycles. The largest absolute Gasteiger partial charge is 0.462 e. The Morgan fingerprint density at radius 2 is 0.980 bits per heavy atom. The van der Waals surface area contributed by atoms with Crippen LogP contribution in [0.15, 0.2) is 12.2 Å². The highest BCUT2D eigenvalue weighted by Gasteiger charge is 2.24. The maximum absolute atomic E-state index is 13.1. The smallest absolute Gasteiger partial charge is 0.306 e. The number of esters is 1. The van der Waals surface area contributed by atoms with Crippen molar-refractivity contribution in [1.29, 1.82) is 0 Å². The molecular formula is C44H85NO5. The van der Waals surface area contributed by atoms with Gasteiger partial charge in [0.1, 0.15) is 6.10 Å². The Morgan fingerprint density at radius 1 is 0.560 bits per heavy atom. The molecule has 0 aliphatic carbocycles. The van der Waals surface area contributed by atoms with E-state index in [2.05, 4.69) is 38.2 Å². The van der Waals surface area contributed by atoms with E-state index in [1.807, 2.05) is 0 Å². The molecule has 0 saturated carbocycles. The van der Waals surface area contributed by atoms with Crippen molar-refractivity contribution in [3.05, 3.63) is 12.2 Å². The van der Waals surface area contributed by atoms with Gasteiger partial charge in [-0.15, -0.1) is 0 Å². The molecule has 0 fully saturated rings. The summed E-state index contributed by atoms with van der Waals surface area (Å²) in [6.07, 6.45) is 39.8. The van der Waals surface area contributed by atoms with Crippen LogP contribution in [0, 0.1) is 0 Å². The molecule has 0 bridgehead atoms. The van der Waals surface area contributed by atoms with E-state index in [1.165, 1.54) is 135 Å². The van der Waals surface area contributed by atoms with Gasteiger partial charge in [0, 0.05) is 6.42 Å². The first-order chi connectivity index (χ1) is 24.5. The Hall–Kier alpha value is -1.40. The Morgan fingerprint density at radius 3 is 1.48 bits per heavy atom. The van der Waals surface area contributed by atoms with Crippen molar-refractivity contribution < 1.29 is 24.5 Å². The minimum Gasteiger partial charge on any atom is -0.462 e. The van der Waals surface area contributed by atoms with Gasteiger partial charge in [-0.2, -0.15) is 0 Å².